The van der Waals surface area contributed by atoms with E-state index in [0.717, 1.165) is 10.4 Å². The van der Waals surface area contributed by atoms with Crippen LogP contribution in [-0.2, 0) is 5.41 Å². The van der Waals surface area contributed by atoms with E-state index in [1.807, 2.05) is 26.8 Å². The zero-order valence-corrected chi connectivity index (χ0v) is 15.8. The van der Waals surface area contributed by atoms with E-state index in [9.17, 15) is 10.0 Å². The summed E-state index contributed by atoms with van der Waals surface area (Å²) in [6.45, 7) is 7.79. The molecule has 7 heteroatoms. The van der Waals surface area contributed by atoms with Gasteiger partial charge in [0, 0.05) is 24.5 Å². The van der Waals surface area contributed by atoms with Crippen LogP contribution < -0.4 is 14.8 Å². The summed E-state index contributed by atoms with van der Waals surface area (Å²) in [6.07, 6.45) is 0.785. The van der Waals surface area contributed by atoms with Gasteiger partial charge in [-0.15, -0.1) is 0 Å². The Kier molecular flexibility index (Phi) is 4.85. The number of carbonyl (C=O) groups excluding carboxylic acids is 1. The van der Waals surface area contributed by atoms with Crippen molar-refractivity contribution in [3.63, 3.8) is 0 Å². The third-order valence-electron chi connectivity index (χ3n) is 4.00. The fourth-order valence-corrected chi connectivity index (χ4v) is 2.43. The standard InChI is InChI=1S/C20H22N4O3/c1-14-10-11-15(13-23(14)26)24-18(12-17(22-24)20(2,3)4)21-19(25)27-16-8-6-5-7-9-16/h5-13H,1-4H3,(H,21,25). The predicted octanol–water partition coefficient (Wildman–Crippen LogP) is 3.72. The lowest BCUT2D eigenvalue weighted by Crippen LogP contribution is -2.30. The highest BCUT2D eigenvalue weighted by Crippen LogP contribution is 2.26. The van der Waals surface area contributed by atoms with Crippen LogP contribution in [0.1, 0.15) is 32.2 Å². The Bertz CT molecular complexity index is 959. The third-order valence-corrected chi connectivity index (χ3v) is 4.00. The fourth-order valence-electron chi connectivity index (χ4n) is 2.43. The Morgan fingerprint density at radius 3 is 2.52 bits per heavy atom. The number of nitrogens with zero attached hydrogens (tertiary/aromatic N) is 3. The molecule has 3 aromatic rings. The summed E-state index contributed by atoms with van der Waals surface area (Å²) < 4.78 is 7.58. The number of rotatable bonds is 3. The molecule has 0 unspecified atom stereocenters. The first-order valence-electron chi connectivity index (χ1n) is 8.58. The molecular formula is C20H22N4O3. The molecule has 0 spiro atoms. The van der Waals surface area contributed by atoms with Crippen molar-refractivity contribution in [1.29, 1.82) is 0 Å². The van der Waals surface area contributed by atoms with Crippen molar-refractivity contribution in [1.82, 2.24) is 9.78 Å². The maximum atomic E-state index is 12.3. The first kappa shape index (κ1) is 18.4. The smallest absolute Gasteiger partial charge is 0.418 e. The molecule has 7 nitrogen and oxygen atoms in total. The van der Waals surface area contributed by atoms with Crippen LogP contribution in [0.15, 0.2) is 54.7 Å². The number of pyridine rings is 1. The second kappa shape index (κ2) is 7.11. The largest absolute Gasteiger partial charge is 0.618 e. The Morgan fingerprint density at radius 1 is 1.19 bits per heavy atom. The Hall–Kier alpha value is -3.35. The van der Waals surface area contributed by atoms with Gasteiger partial charge in [-0.05, 0) is 18.2 Å². The molecular weight excluding hydrogens is 344 g/mol. The van der Waals surface area contributed by atoms with Gasteiger partial charge in [0.2, 0.25) is 6.20 Å². The van der Waals surface area contributed by atoms with Crippen LogP contribution in [0.25, 0.3) is 5.69 Å². The number of aromatic nitrogens is 3. The molecule has 1 N–H and O–H groups in total. The van der Waals surface area contributed by atoms with Crippen LogP contribution in [-0.4, -0.2) is 15.9 Å². The van der Waals surface area contributed by atoms with Gasteiger partial charge in [-0.2, -0.15) is 9.83 Å². The van der Waals surface area contributed by atoms with Crippen LogP contribution in [0.4, 0.5) is 10.6 Å². The summed E-state index contributed by atoms with van der Waals surface area (Å²) in [5.74, 6) is 0.856. The van der Waals surface area contributed by atoms with E-state index in [2.05, 4.69) is 10.4 Å². The minimum Gasteiger partial charge on any atom is -0.618 e. The van der Waals surface area contributed by atoms with Gasteiger partial charge in [-0.3, -0.25) is 5.32 Å². The first-order valence-corrected chi connectivity index (χ1v) is 8.58. The third kappa shape index (κ3) is 4.25. The van der Waals surface area contributed by atoms with Crippen molar-refractivity contribution in [3.8, 4) is 11.4 Å². The second-order valence-corrected chi connectivity index (χ2v) is 7.26. The molecule has 0 atom stereocenters. The second-order valence-electron chi connectivity index (χ2n) is 7.26. The van der Waals surface area contributed by atoms with Crippen LogP contribution in [0.2, 0.25) is 0 Å². The highest BCUT2D eigenvalue weighted by Gasteiger charge is 2.22. The van der Waals surface area contributed by atoms with Gasteiger partial charge in [0.05, 0.1) is 5.69 Å². The van der Waals surface area contributed by atoms with Crippen molar-refractivity contribution in [2.45, 2.75) is 33.1 Å². The zero-order valence-electron chi connectivity index (χ0n) is 15.8. The molecule has 2 aromatic heterocycles. The van der Waals surface area contributed by atoms with E-state index >= 15 is 0 Å². The molecule has 0 aliphatic carbocycles. The van der Waals surface area contributed by atoms with E-state index in [1.165, 1.54) is 10.9 Å². The number of carbonyl (C=O) groups is 1. The molecule has 0 bridgehead atoms. The van der Waals surface area contributed by atoms with Gasteiger partial charge >= 0.3 is 6.09 Å². The molecule has 1 amide bonds. The summed E-state index contributed by atoms with van der Waals surface area (Å²) in [7, 11) is 0. The highest BCUT2D eigenvalue weighted by molar-refractivity contribution is 5.85. The number of amides is 1. The van der Waals surface area contributed by atoms with Crippen LogP contribution in [0, 0.1) is 12.1 Å². The lowest BCUT2D eigenvalue weighted by molar-refractivity contribution is -0.612. The molecule has 27 heavy (non-hydrogen) atoms. The monoisotopic (exact) mass is 366 g/mol. The van der Waals surface area contributed by atoms with Crippen molar-refractivity contribution in [2.75, 3.05) is 5.32 Å². The number of hydrogen-bond donors (Lipinski definition) is 1. The fraction of sp³-hybridized carbons (Fsp3) is 0.250. The first-order chi connectivity index (χ1) is 12.7. The maximum absolute atomic E-state index is 12.3. The molecule has 140 valence electrons. The minimum atomic E-state index is -0.634. The van der Waals surface area contributed by atoms with Gasteiger partial charge in [-0.25, -0.2) is 9.48 Å². The Labute approximate surface area is 157 Å². The number of aryl methyl sites for hydroxylation is 1. The Morgan fingerprint density at radius 2 is 1.89 bits per heavy atom. The molecule has 0 saturated carbocycles. The number of ether oxygens (including phenoxy) is 1. The minimum absolute atomic E-state index is 0.233. The number of anilines is 1. The summed E-state index contributed by atoms with van der Waals surface area (Å²) in [6, 6.07) is 14.0. The van der Waals surface area contributed by atoms with E-state index in [0.29, 0.717) is 22.9 Å². The lowest BCUT2D eigenvalue weighted by Gasteiger charge is -2.14. The lowest BCUT2D eigenvalue weighted by atomic mass is 9.92. The van der Waals surface area contributed by atoms with Crippen molar-refractivity contribution in [3.05, 3.63) is 71.3 Å². The average Bonchev–Trinajstić information content (AvgIpc) is 3.02. The summed E-state index contributed by atoms with van der Waals surface area (Å²) in [5, 5.41) is 19.2. The van der Waals surface area contributed by atoms with E-state index < -0.39 is 6.09 Å². The summed E-state index contributed by atoms with van der Waals surface area (Å²) >= 11 is 0. The average molecular weight is 366 g/mol. The van der Waals surface area contributed by atoms with Crippen molar-refractivity contribution >= 4 is 11.9 Å². The number of para-hydroxylation sites is 1. The number of hydrogen-bond acceptors (Lipinski definition) is 4. The molecule has 0 aliphatic heterocycles. The molecule has 1 aromatic carbocycles. The van der Waals surface area contributed by atoms with E-state index in [4.69, 9.17) is 4.74 Å². The van der Waals surface area contributed by atoms with Crippen LogP contribution in [0.3, 0.4) is 0 Å². The zero-order chi connectivity index (χ0) is 19.6. The van der Waals surface area contributed by atoms with Crippen molar-refractivity contribution < 1.29 is 14.3 Å². The molecule has 2 heterocycles. The molecule has 3 rings (SSSR count). The topological polar surface area (TPSA) is 83.1 Å². The predicted molar refractivity (Wildman–Crippen MR) is 102 cm³/mol. The quantitative estimate of drug-likeness (QED) is 0.566. The van der Waals surface area contributed by atoms with E-state index in [-0.39, 0.29) is 5.41 Å². The molecule has 0 aliphatic rings. The summed E-state index contributed by atoms with van der Waals surface area (Å²) in [4.78, 5) is 12.3. The SMILES string of the molecule is Cc1ccc(-n2nc(C(C)(C)C)cc2NC(=O)Oc2ccccc2)c[n+]1[O-]. The normalized spacial score (nSPS) is 11.3. The van der Waals surface area contributed by atoms with Gasteiger partial charge in [0.15, 0.2) is 5.69 Å². The van der Waals surface area contributed by atoms with Crippen LogP contribution in [0.5, 0.6) is 5.75 Å². The van der Waals surface area contributed by atoms with Gasteiger partial charge in [0.25, 0.3) is 0 Å². The number of nitrogens with one attached hydrogen (secondary N) is 1. The molecule has 0 saturated heterocycles. The molecule has 0 fully saturated rings. The molecule has 0 radical (unpaired) electrons. The van der Waals surface area contributed by atoms with Crippen LogP contribution >= 0.6 is 0 Å². The van der Waals surface area contributed by atoms with Gasteiger partial charge in [0.1, 0.15) is 17.3 Å². The van der Waals surface area contributed by atoms with Crippen molar-refractivity contribution in [2.24, 2.45) is 0 Å². The van der Waals surface area contributed by atoms with Gasteiger partial charge < -0.3 is 9.94 Å². The van der Waals surface area contributed by atoms with Gasteiger partial charge in [-0.1, -0.05) is 39.0 Å². The summed E-state index contributed by atoms with van der Waals surface area (Å²) in [5.41, 5.74) is 1.65. The Balaban J connectivity index is 1.94. The maximum Gasteiger partial charge on any atom is 0.418 e. The van der Waals surface area contributed by atoms with E-state index in [1.54, 1.807) is 49.4 Å². The number of benzene rings is 1. The highest BCUT2D eigenvalue weighted by atomic mass is 16.6.